The zero-order valence-corrected chi connectivity index (χ0v) is 15.1. The zero-order chi connectivity index (χ0) is 18.8. The van der Waals surface area contributed by atoms with Crippen molar-refractivity contribution < 1.29 is 14.0 Å². The first-order valence-corrected chi connectivity index (χ1v) is 9.08. The van der Waals surface area contributed by atoms with E-state index in [0.29, 0.717) is 31.0 Å². The number of carbonyl (C=O) groups excluding carboxylic acids is 2. The number of fused-ring (bicyclic) bond motifs is 1. The Hall–Kier alpha value is -3.15. The zero-order valence-electron chi connectivity index (χ0n) is 15.1. The van der Waals surface area contributed by atoms with Crippen LogP contribution in [0.3, 0.4) is 0 Å². The molecular formula is C21H21N3O3. The summed E-state index contributed by atoms with van der Waals surface area (Å²) in [6, 6.07) is 11.1. The van der Waals surface area contributed by atoms with Crippen molar-refractivity contribution in [2.75, 3.05) is 19.6 Å². The molecule has 27 heavy (non-hydrogen) atoms. The van der Waals surface area contributed by atoms with Gasteiger partial charge in [-0.25, -0.2) is 0 Å². The number of pyridine rings is 1. The lowest BCUT2D eigenvalue weighted by atomic mass is 10.1. The standard InChI is InChI=1S/C21H21N3O3/c1-14-7-10-27-19(14)21(26)24-9-6-15(13-24)12-23-20(25)17-5-4-16-3-2-8-22-18(16)11-17/h2-5,7-8,10-11,15H,6,9,12-13H2,1H3,(H,23,25). The lowest BCUT2D eigenvalue weighted by Crippen LogP contribution is -2.33. The summed E-state index contributed by atoms with van der Waals surface area (Å²) < 4.78 is 5.30. The van der Waals surface area contributed by atoms with E-state index in [-0.39, 0.29) is 17.7 Å². The Morgan fingerprint density at radius 2 is 2.19 bits per heavy atom. The molecule has 1 fully saturated rings. The molecule has 1 atom stereocenters. The third-order valence-electron chi connectivity index (χ3n) is 5.05. The number of aryl methyl sites for hydroxylation is 1. The number of hydrogen-bond donors (Lipinski definition) is 1. The third kappa shape index (κ3) is 3.56. The van der Waals surface area contributed by atoms with Gasteiger partial charge in [0.15, 0.2) is 5.76 Å². The molecule has 1 unspecified atom stereocenters. The number of aromatic nitrogens is 1. The van der Waals surface area contributed by atoms with Crippen LogP contribution in [0.15, 0.2) is 53.3 Å². The summed E-state index contributed by atoms with van der Waals surface area (Å²) >= 11 is 0. The van der Waals surface area contributed by atoms with E-state index in [1.807, 2.05) is 31.2 Å². The van der Waals surface area contributed by atoms with E-state index in [2.05, 4.69) is 10.3 Å². The average Bonchev–Trinajstić information content (AvgIpc) is 3.34. The fraction of sp³-hybridized carbons (Fsp3) is 0.286. The van der Waals surface area contributed by atoms with Crippen molar-refractivity contribution in [3.05, 3.63) is 65.7 Å². The molecule has 1 aromatic carbocycles. The molecule has 2 amide bonds. The SMILES string of the molecule is Cc1ccoc1C(=O)N1CCC(CNC(=O)c2ccc3cccnc3c2)C1. The molecule has 1 saturated heterocycles. The van der Waals surface area contributed by atoms with Crippen LogP contribution in [0.1, 0.15) is 32.9 Å². The molecule has 6 heteroatoms. The van der Waals surface area contributed by atoms with E-state index in [4.69, 9.17) is 4.42 Å². The summed E-state index contributed by atoms with van der Waals surface area (Å²) in [6.45, 7) is 3.71. The molecular weight excluding hydrogens is 342 g/mol. The van der Waals surface area contributed by atoms with Gasteiger partial charge in [-0.05, 0) is 43.5 Å². The first-order valence-electron chi connectivity index (χ1n) is 9.08. The quantitative estimate of drug-likeness (QED) is 0.773. The molecule has 3 heterocycles. The molecule has 6 nitrogen and oxygen atoms in total. The second kappa shape index (κ2) is 7.23. The number of rotatable bonds is 4. The van der Waals surface area contributed by atoms with Gasteiger partial charge in [0.25, 0.3) is 11.8 Å². The number of nitrogens with zero attached hydrogens (tertiary/aromatic N) is 2. The van der Waals surface area contributed by atoms with Gasteiger partial charge in [0.1, 0.15) is 0 Å². The number of hydrogen-bond acceptors (Lipinski definition) is 4. The summed E-state index contributed by atoms with van der Waals surface area (Å²) in [5, 5.41) is 3.99. The highest BCUT2D eigenvalue weighted by atomic mass is 16.3. The highest BCUT2D eigenvalue weighted by molar-refractivity contribution is 5.97. The molecule has 2 aromatic heterocycles. The molecule has 0 radical (unpaired) electrons. The molecule has 0 saturated carbocycles. The second-order valence-electron chi connectivity index (χ2n) is 6.96. The molecule has 0 spiro atoms. The van der Waals surface area contributed by atoms with E-state index >= 15 is 0 Å². The van der Waals surface area contributed by atoms with Gasteiger partial charge >= 0.3 is 0 Å². The lowest BCUT2D eigenvalue weighted by molar-refractivity contribution is 0.0754. The monoisotopic (exact) mass is 363 g/mol. The number of furan rings is 1. The molecule has 1 N–H and O–H groups in total. The molecule has 1 aliphatic heterocycles. The number of amides is 2. The number of carbonyl (C=O) groups is 2. The van der Waals surface area contributed by atoms with Crippen LogP contribution in [-0.2, 0) is 0 Å². The van der Waals surface area contributed by atoms with Crippen LogP contribution in [0.2, 0.25) is 0 Å². The van der Waals surface area contributed by atoms with Crippen LogP contribution < -0.4 is 5.32 Å². The van der Waals surface area contributed by atoms with Crippen molar-refractivity contribution in [1.82, 2.24) is 15.2 Å². The van der Waals surface area contributed by atoms with Gasteiger partial charge in [0.2, 0.25) is 0 Å². The summed E-state index contributed by atoms with van der Waals surface area (Å²) in [5.41, 5.74) is 2.25. The maximum atomic E-state index is 12.5. The Labute approximate surface area is 157 Å². The first-order chi connectivity index (χ1) is 13.1. The topological polar surface area (TPSA) is 75.4 Å². The van der Waals surface area contributed by atoms with E-state index in [9.17, 15) is 9.59 Å². The van der Waals surface area contributed by atoms with Gasteiger partial charge in [-0.15, -0.1) is 0 Å². The van der Waals surface area contributed by atoms with Gasteiger partial charge in [0.05, 0.1) is 11.8 Å². The van der Waals surface area contributed by atoms with E-state index < -0.39 is 0 Å². The van der Waals surface area contributed by atoms with Crippen molar-refractivity contribution in [3.63, 3.8) is 0 Å². The highest BCUT2D eigenvalue weighted by Gasteiger charge is 2.29. The average molecular weight is 363 g/mol. The maximum absolute atomic E-state index is 12.5. The smallest absolute Gasteiger partial charge is 0.289 e. The molecule has 138 valence electrons. The van der Waals surface area contributed by atoms with E-state index in [0.717, 1.165) is 22.9 Å². The number of nitrogens with one attached hydrogen (secondary N) is 1. The minimum absolute atomic E-state index is 0.0769. The predicted molar refractivity (Wildman–Crippen MR) is 102 cm³/mol. The van der Waals surface area contributed by atoms with Crippen LogP contribution in [0.25, 0.3) is 10.9 Å². The molecule has 1 aliphatic rings. The van der Waals surface area contributed by atoms with Gasteiger partial charge < -0.3 is 14.6 Å². The van der Waals surface area contributed by atoms with Gasteiger partial charge in [-0.3, -0.25) is 14.6 Å². The minimum atomic E-state index is -0.116. The minimum Gasteiger partial charge on any atom is -0.459 e. The number of benzene rings is 1. The first kappa shape index (κ1) is 17.3. The van der Waals surface area contributed by atoms with Crippen LogP contribution in [0.5, 0.6) is 0 Å². The normalized spacial score (nSPS) is 16.6. The van der Waals surface area contributed by atoms with Crippen molar-refractivity contribution in [3.8, 4) is 0 Å². The van der Waals surface area contributed by atoms with Crippen LogP contribution in [-0.4, -0.2) is 41.3 Å². The van der Waals surface area contributed by atoms with Crippen LogP contribution in [0, 0.1) is 12.8 Å². The Balaban J connectivity index is 1.34. The molecule has 4 rings (SSSR count). The Kier molecular flexibility index (Phi) is 4.62. The molecule has 3 aromatic rings. The molecule has 0 bridgehead atoms. The van der Waals surface area contributed by atoms with Gasteiger partial charge in [-0.2, -0.15) is 0 Å². The Morgan fingerprint density at radius 1 is 1.30 bits per heavy atom. The van der Waals surface area contributed by atoms with Gasteiger partial charge in [-0.1, -0.05) is 12.1 Å². The largest absolute Gasteiger partial charge is 0.459 e. The van der Waals surface area contributed by atoms with Crippen LogP contribution in [0.4, 0.5) is 0 Å². The Morgan fingerprint density at radius 3 is 3.00 bits per heavy atom. The third-order valence-corrected chi connectivity index (χ3v) is 5.05. The highest BCUT2D eigenvalue weighted by Crippen LogP contribution is 2.20. The Bertz CT molecular complexity index is 995. The van der Waals surface area contributed by atoms with Crippen molar-refractivity contribution in [1.29, 1.82) is 0 Å². The van der Waals surface area contributed by atoms with Crippen molar-refractivity contribution in [2.45, 2.75) is 13.3 Å². The van der Waals surface area contributed by atoms with Crippen molar-refractivity contribution in [2.24, 2.45) is 5.92 Å². The summed E-state index contributed by atoms with van der Waals surface area (Å²) in [7, 11) is 0. The second-order valence-corrected chi connectivity index (χ2v) is 6.96. The fourth-order valence-electron chi connectivity index (χ4n) is 3.47. The lowest BCUT2D eigenvalue weighted by Gasteiger charge is -2.16. The summed E-state index contributed by atoms with van der Waals surface area (Å²) in [4.78, 5) is 31.0. The van der Waals surface area contributed by atoms with Crippen LogP contribution >= 0.6 is 0 Å². The predicted octanol–water partition coefficient (Wildman–Crippen LogP) is 3.03. The van der Waals surface area contributed by atoms with E-state index in [1.165, 1.54) is 6.26 Å². The van der Waals surface area contributed by atoms with Crippen molar-refractivity contribution >= 4 is 22.7 Å². The fourth-order valence-corrected chi connectivity index (χ4v) is 3.47. The maximum Gasteiger partial charge on any atom is 0.289 e. The molecule has 0 aliphatic carbocycles. The number of likely N-dealkylation sites (tertiary alicyclic amines) is 1. The van der Waals surface area contributed by atoms with Gasteiger partial charge in [0, 0.05) is 42.3 Å². The summed E-state index contributed by atoms with van der Waals surface area (Å²) in [6.07, 6.45) is 4.12. The van der Waals surface area contributed by atoms with E-state index in [1.54, 1.807) is 23.2 Å². The summed E-state index contributed by atoms with van der Waals surface area (Å²) in [5.74, 6) is 0.455.